The zero-order valence-corrected chi connectivity index (χ0v) is 11.6. The molecule has 1 aliphatic heterocycles. The van der Waals surface area contributed by atoms with Crippen LogP contribution >= 0.6 is 15.9 Å². The van der Waals surface area contributed by atoms with E-state index in [-0.39, 0.29) is 5.91 Å². The van der Waals surface area contributed by atoms with Gasteiger partial charge in [0.2, 0.25) is 0 Å². The third kappa shape index (κ3) is 2.28. The highest BCUT2D eigenvalue weighted by Gasteiger charge is 2.22. The second kappa shape index (κ2) is 4.77. The molecule has 1 aromatic carbocycles. The zero-order chi connectivity index (χ0) is 13.4. The van der Waals surface area contributed by atoms with Gasteiger partial charge in [-0.25, -0.2) is 9.37 Å². The molecule has 1 aliphatic rings. The van der Waals surface area contributed by atoms with Crippen LogP contribution in [0.25, 0.3) is 0 Å². The van der Waals surface area contributed by atoms with Gasteiger partial charge in [-0.1, -0.05) is 0 Å². The lowest BCUT2D eigenvalue weighted by molar-refractivity contribution is 0.0707. The lowest BCUT2D eigenvalue weighted by Gasteiger charge is -2.27. The van der Waals surface area contributed by atoms with Crippen molar-refractivity contribution in [1.82, 2.24) is 14.5 Å². The second-order valence-corrected chi connectivity index (χ2v) is 5.25. The fourth-order valence-corrected chi connectivity index (χ4v) is 2.41. The van der Waals surface area contributed by atoms with Gasteiger partial charge < -0.3 is 9.47 Å². The van der Waals surface area contributed by atoms with E-state index in [1.54, 1.807) is 23.2 Å². The fraction of sp³-hybridized carbons (Fsp3) is 0.231. The van der Waals surface area contributed by atoms with Crippen molar-refractivity contribution >= 4 is 21.8 Å². The van der Waals surface area contributed by atoms with E-state index in [2.05, 4.69) is 20.9 Å². The van der Waals surface area contributed by atoms with Crippen molar-refractivity contribution < 1.29 is 9.18 Å². The molecule has 0 spiro atoms. The normalized spacial score (nSPS) is 14.3. The predicted molar refractivity (Wildman–Crippen MR) is 71.1 cm³/mol. The standard InChI is InChI=1S/C13H11BrFN3O/c14-10-2-1-9(7-11(10)15)13(19)18-6-5-17-4-3-16-12(17)8-18/h1-4,7H,5-6,8H2. The van der Waals surface area contributed by atoms with Crippen LogP contribution in [0.5, 0.6) is 0 Å². The summed E-state index contributed by atoms with van der Waals surface area (Å²) in [6.45, 7) is 1.80. The number of amides is 1. The average Bonchev–Trinajstić information content (AvgIpc) is 2.88. The molecular formula is C13H11BrFN3O. The monoisotopic (exact) mass is 323 g/mol. The first kappa shape index (κ1) is 12.3. The lowest BCUT2D eigenvalue weighted by atomic mass is 10.2. The number of imidazole rings is 1. The van der Waals surface area contributed by atoms with Crippen LogP contribution in [0.2, 0.25) is 0 Å². The van der Waals surface area contributed by atoms with Crippen molar-refractivity contribution in [2.75, 3.05) is 6.54 Å². The topological polar surface area (TPSA) is 38.1 Å². The third-order valence-electron chi connectivity index (χ3n) is 3.20. The summed E-state index contributed by atoms with van der Waals surface area (Å²) in [5.41, 5.74) is 0.362. The molecule has 0 fully saturated rings. The van der Waals surface area contributed by atoms with E-state index < -0.39 is 5.82 Å². The van der Waals surface area contributed by atoms with Crippen LogP contribution < -0.4 is 0 Å². The Morgan fingerprint density at radius 1 is 1.37 bits per heavy atom. The molecule has 19 heavy (non-hydrogen) atoms. The first-order chi connectivity index (χ1) is 9.15. The Morgan fingerprint density at radius 3 is 3.00 bits per heavy atom. The Hall–Kier alpha value is -1.69. The lowest BCUT2D eigenvalue weighted by Crippen LogP contribution is -2.38. The van der Waals surface area contributed by atoms with E-state index in [1.165, 1.54) is 6.07 Å². The molecule has 1 amide bonds. The van der Waals surface area contributed by atoms with Gasteiger partial charge in [-0.15, -0.1) is 0 Å². The largest absolute Gasteiger partial charge is 0.332 e. The maximum absolute atomic E-state index is 13.5. The highest BCUT2D eigenvalue weighted by molar-refractivity contribution is 9.10. The first-order valence-electron chi connectivity index (χ1n) is 5.89. The summed E-state index contributed by atoms with van der Waals surface area (Å²) >= 11 is 3.08. The van der Waals surface area contributed by atoms with Gasteiger partial charge in [0.15, 0.2) is 0 Å². The fourth-order valence-electron chi connectivity index (χ4n) is 2.16. The predicted octanol–water partition coefficient (Wildman–Crippen LogP) is 2.44. The number of fused-ring (bicyclic) bond motifs is 1. The maximum atomic E-state index is 13.5. The van der Waals surface area contributed by atoms with E-state index >= 15 is 0 Å². The minimum absolute atomic E-state index is 0.166. The highest BCUT2D eigenvalue weighted by atomic mass is 79.9. The Balaban J connectivity index is 1.83. The summed E-state index contributed by atoms with van der Waals surface area (Å²) in [5, 5.41) is 0. The maximum Gasteiger partial charge on any atom is 0.254 e. The number of carbonyl (C=O) groups excluding carboxylic acids is 1. The molecule has 3 rings (SSSR count). The number of carbonyl (C=O) groups is 1. The van der Waals surface area contributed by atoms with E-state index in [0.29, 0.717) is 23.1 Å². The summed E-state index contributed by atoms with van der Waals surface area (Å²) < 4.78 is 15.8. The molecule has 1 aromatic heterocycles. The molecule has 4 nitrogen and oxygen atoms in total. The summed E-state index contributed by atoms with van der Waals surface area (Å²) in [6, 6.07) is 4.43. The molecule has 98 valence electrons. The van der Waals surface area contributed by atoms with Gasteiger partial charge >= 0.3 is 0 Å². The minimum Gasteiger partial charge on any atom is -0.332 e. The molecule has 2 heterocycles. The summed E-state index contributed by atoms with van der Waals surface area (Å²) in [4.78, 5) is 18.2. The molecule has 2 aromatic rings. The molecular weight excluding hydrogens is 313 g/mol. The zero-order valence-electron chi connectivity index (χ0n) is 10.0. The molecule has 0 unspecified atom stereocenters. The van der Waals surface area contributed by atoms with E-state index in [1.807, 2.05) is 10.8 Å². The minimum atomic E-state index is -0.427. The number of hydrogen-bond acceptors (Lipinski definition) is 2. The van der Waals surface area contributed by atoms with Crippen molar-refractivity contribution in [2.45, 2.75) is 13.1 Å². The van der Waals surface area contributed by atoms with Gasteiger partial charge in [-0.05, 0) is 34.1 Å². The van der Waals surface area contributed by atoms with Crippen molar-refractivity contribution in [3.63, 3.8) is 0 Å². The van der Waals surface area contributed by atoms with Crippen LogP contribution in [0.3, 0.4) is 0 Å². The quantitative estimate of drug-likeness (QED) is 0.808. The second-order valence-electron chi connectivity index (χ2n) is 4.39. The van der Waals surface area contributed by atoms with Crippen LogP contribution in [0, 0.1) is 5.82 Å². The van der Waals surface area contributed by atoms with Crippen molar-refractivity contribution in [1.29, 1.82) is 0 Å². The van der Waals surface area contributed by atoms with Crippen LogP contribution in [0.15, 0.2) is 35.1 Å². The van der Waals surface area contributed by atoms with Crippen LogP contribution in [-0.2, 0) is 13.1 Å². The number of rotatable bonds is 1. The Labute approximate surface area is 118 Å². The Bertz CT molecular complexity index is 641. The molecule has 0 aliphatic carbocycles. The number of aromatic nitrogens is 2. The van der Waals surface area contributed by atoms with Gasteiger partial charge in [0, 0.05) is 31.0 Å². The third-order valence-corrected chi connectivity index (χ3v) is 3.84. The summed E-state index contributed by atoms with van der Waals surface area (Å²) in [5.74, 6) is 0.266. The number of benzene rings is 1. The highest BCUT2D eigenvalue weighted by Crippen LogP contribution is 2.19. The van der Waals surface area contributed by atoms with Crippen molar-refractivity contribution in [3.8, 4) is 0 Å². The van der Waals surface area contributed by atoms with Gasteiger partial charge in [-0.3, -0.25) is 4.79 Å². The van der Waals surface area contributed by atoms with E-state index in [0.717, 1.165) is 12.4 Å². The number of hydrogen-bond donors (Lipinski definition) is 0. The van der Waals surface area contributed by atoms with Gasteiger partial charge in [0.1, 0.15) is 11.6 Å². The smallest absolute Gasteiger partial charge is 0.254 e. The molecule has 0 saturated carbocycles. The van der Waals surface area contributed by atoms with Crippen LogP contribution in [0.4, 0.5) is 4.39 Å². The molecule has 0 saturated heterocycles. The van der Waals surface area contributed by atoms with Gasteiger partial charge in [-0.2, -0.15) is 0 Å². The summed E-state index contributed by atoms with van der Waals surface area (Å²) in [6.07, 6.45) is 3.62. The number of nitrogens with zero attached hydrogens (tertiary/aromatic N) is 3. The van der Waals surface area contributed by atoms with Crippen molar-refractivity contribution in [3.05, 3.63) is 52.3 Å². The molecule has 0 atom stereocenters. The van der Waals surface area contributed by atoms with Crippen LogP contribution in [-0.4, -0.2) is 26.9 Å². The van der Waals surface area contributed by atoms with Crippen LogP contribution in [0.1, 0.15) is 16.2 Å². The summed E-state index contributed by atoms with van der Waals surface area (Å²) in [7, 11) is 0. The average molecular weight is 324 g/mol. The SMILES string of the molecule is O=C(c1ccc(Br)c(F)c1)N1CCn2ccnc2C1. The number of halogens is 2. The Morgan fingerprint density at radius 2 is 2.21 bits per heavy atom. The van der Waals surface area contributed by atoms with Crippen molar-refractivity contribution in [2.24, 2.45) is 0 Å². The molecule has 0 bridgehead atoms. The molecule has 0 N–H and O–H groups in total. The van der Waals surface area contributed by atoms with E-state index in [4.69, 9.17) is 0 Å². The Kier molecular flexibility index (Phi) is 3.10. The van der Waals surface area contributed by atoms with Gasteiger partial charge in [0.05, 0.1) is 11.0 Å². The molecule has 0 radical (unpaired) electrons. The van der Waals surface area contributed by atoms with E-state index in [9.17, 15) is 9.18 Å². The van der Waals surface area contributed by atoms with Gasteiger partial charge in [0.25, 0.3) is 5.91 Å². The molecule has 6 heteroatoms. The first-order valence-corrected chi connectivity index (χ1v) is 6.69.